The molecule has 0 unspecified atom stereocenters. The first-order chi connectivity index (χ1) is 10.8. The van der Waals surface area contributed by atoms with Crippen molar-refractivity contribution in [2.24, 2.45) is 5.92 Å². The van der Waals surface area contributed by atoms with E-state index in [1.165, 1.54) is 48.9 Å². The van der Waals surface area contributed by atoms with Crippen LogP contribution >= 0.6 is 12.4 Å². The molecule has 0 bridgehead atoms. The Morgan fingerprint density at radius 1 is 1.22 bits per heavy atom. The normalized spacial score (nSPS) is 16.6. The van der Waals surface area contributed by atoms with Crippen molar-refractivity contribution in [1.29, 1.82) is 0 Å². The molecule has 0 saturated carbocycles. The Labute approximate surface area is 145 Å². The van der Waals surface area contributed by atoms with Crippen LogP contribution < -0.4 is 5.32 Å². The maximum absolute atomic E-state index is 4.84. The molecule has 1 aliphatic rings. The summed E-state index contributed by atoms with van der Waals surface area (Å²) in [7, 11) is 2.05. The van der Waals surface area contributed by atoms with Crippen LogP contribution in [-0.4, -0.2) is 41.4 Å². The topological polar surface area (TPSA) is 33.1 Å². The van der Waals surface area contributed by atoms with E-state index >= 15 is 0 Å². The van der Waals surface area contributed by atoms with Crippen LogP contribution in [0.1, 0.15) is 31.9 Å². The maximum Gasteiger partial charge on any atom is 0.0843 e. The van der Waals surface area contributed by atoms with Crippen LogP contribution in [0.15, 0.2) is 24.3 Å². The summed E-state index contributed by atoms with van der Waals surface area (Å²) in [4.78, 5) is 2.57. The molecule has 1 aromatic carbocycles. The predicted molar refractivity (Wildman–Crippen MR) is 99.2 cm³/mol. The van der Waals surface area contributed by atoms with E-state index in [0.29, 0.717) is 0 Å². The molecule has 0 aliphatic carbocycles. The number of rotatable bonds is 6. The van der Waals surface area contributed by atoms with E-state index in [0.717, 1.165) is 25.6 Å². The lowest BCUT2D eigenvalue weighted by Crippen LogP contribution is -2.34. The lowest BCUT2D eigenvalue weighted by atomic mass is 9.93. The number of likely N-dealkylation sites (tertiary alicyclic amines) is 1. The molecule has 1 N–H and O–H groups in total. The smallest absolute Gasteiger partial charge is 0.0843 e. The molecule has 0 spiro atoms. The van der Waals surface area contributed by atoms with Crippen LogP contribution in [0, 0.1) is 5.92 Å². The Hall–Kier alpha value is -1.10. The summed E-state index contributed by atoms with van der Waals surface area (Å²) < 4.78 is 2.13. The molecule has 0 radical (unpaired) electrons. The molecule has 3 rings (SSSR count). The monoisotopic (exact) mass is 336 g/mol. The van der Waals surface area contributed by atoms with Crippen molar-refractivity contribution in [2.75, 3.05) is 26.7 Å². The summed E-state index contributed by atoms with van der Waals surface area (Å²) >= 11 is 0. The lowest BCUT2D eigenvalue weighted by Gasteiger charge is -2.31. The highest BCUT2D eigenvalue weighted by Gasteiger charge is 2.20. The van der Waals surface area contributed by atoms with E-state index in [4.69, 9.17) is 5.10 Å². The first-order valence-corrected chi connectivity index (χ1v) is 8.63. The number of hydrogen-bond donors (Lipinski definition) is 1. The van der Waals surface area contributed by atoms with Crippen molar-refractivity contribution >= 4 is 23.3 Å². The van der Waals surface area contributed by atoms with Gasteiger partial charge in [-0.25, -0.2) is 0 Å². The number of hydrogen-bond acceptors (Lipinski definition) is 3. The van der Waals surface area contributed by atoms with E-state index in [-0.39, 0.29) is 12.4 Å². The average molecular weight is 337 g/mol. The molecule has 1 saturated heterocycles. The second-order valence-electron chi connectivity index (χ2n) is 6.39. The zero-order valence-corrected chi connectivity index (χ0v) is 15.1. The third-order valence-corrected chi connectivity index (χ3v) is 4.92. The van der Waals surface area contributed by atoms with Gasteiger partial charge in [0.1, 0.15) is 0 Å². The minimum atomic E-state index is 0. The van der Waals surface area contributed by atoms with Crippen molar-refractivity contribution in [3.05, 3.63) is 30.0 Å². The van der Waals surface area contributed by atoms with Crippen LogP contribution in [0.3, 0.4) is 0 Å². The second kappa shape index (κ2) is 8.67. The lowest BCUT2D eigenvalue weighted by molar-refractivity contribution is 0.171. The van der Waals surface area contributed by atoms with Gasteiger partial charge in [0.25, 0.3) is 0 Å². The van der Waals surface area contributed by atoms with Gasteiger partial charge >= 0.3 is 0 Å². The minimum Gasteiger partial charge on any atom is -0.320 e. The van der Waals surface area contributed by atoms with Crippen LogP contribution in [-0.2, 0) is 13.1 Å². The molecule has 1 aliphatic heterocycles. The van der Waals surface area contributed by atoms with E-state index in [9.17, 15) is 0 Å². The number of para-hydroxylation sites is 1. The number of benzene rings is 1. The Bertz CT molecular complexity index is 602. The highest BCUT2D eigenvalue weighted by Crippen LogP contribution is 2.24. The van der Waals surface area contributed by atoms with Gasteiger partial charge in [-0.05, 0) is 64.9 Å². The third kappa shape index (κ3) is 4.25. The van der Waals surface area contributed by atoms with E-state index < -0.39 is 0 Å². The molecule has 2 heterocycles. The molecule has 0 atom stereocenters. The van der Waals surface area contributed by atoms with Crippen LogP contribution in [0.2, 0.25) is 0 Å². The van der Waals surface area contributed by atoms with Gasteiger partial charge in [-0.2, -0.15) is 5.10 Å². The fourth-order valence-corrected chi connectivity index (χ4v) is 3.55. The van der Waals surface area contributed by atoms with Crippen molar-refractivity contribution < 1.29 is 0 Å². The maximum atomic E-state index is 4.84. The van der Waals surface area contributed by atoms with Crippen LogP contribution in [0.5, 0.6) is 0 Å². The van der Waals surface area contributed by atoms with E-state index in [1.54, 1.807) is 0 Å². The summed E-state index contributed by atoms with van der Waals surface area (Å²) in [6.45, 7) is 7.66. The first-order valence-electron chi connectivity index (χ1n) is 8.63. The summed E-state index contributed by atoms with van der Waals surface area (Å²) in [5.41, 5.74) is 2.51. The fraction of sp³-hybridized carbons (Fsp3) is 0.611. The van der Waals surface area contributed by atoms with Crippen molar-refractivity contribution in [2.45, 2.75) is 39.3 Å². The van der Waals surface area contributed by atoms with E-state index in [2.05, 4.69) is 46.1 Å². The number of nitrogens with zero attached hydrogens (tertiary/aromatic N) is 3. The van der Waals surface area contributed by atoms with Gasteiger partial charge in [0, 0.05) is 18.5 Å². The van der Waals surface area contributed by atoms with E-state index in [1.807, 2.05) is 7.05 Å². The standard InChI is InChI=1S/C18H28N4.ClH/c1-3-22-18-7-5-4-6-16(18)17(20-22)14-21-12-9-15(10-13-21)8-11-19-2;/h4-7,15,19H,3,8-14H2,1-2H3;1H. The van der Waals surface area contributed by atoms with Gasteiger partial charge in [0.2, 0.25) is 0 Å². The Morgan fingerprint density at radius 2 is 1.96 bits per heavy atom. The van der Waals surface area contributed by atoms with Crippen LogP contribution in [0.4, 0.5) is 0 Å². The van der Waals surface area contributed by atoms with Gasteiger partial charge in [0.15, 0.2) is 0 Å². The molecule has 4 nitrogen and oxygen atoms in total. The molecule has 1 fully saturated rings. The molecule has 128 valence electrons. The van der Waals surface area contributed by atoms with Crippen molar-refractivity contribution in [1.82, 2.24) is 20.0 Å². The SMILES string of the molecule is CCn1nc(CN2CCC(CCNC)CC2)c2ccccc21.Cl. The molecule has 5 heteroatoms. The third-order valence-electron chi connectivity index (χ3n) is 4.92. The predicted octanol–water partition coefficient (Wildman–Crippen LogP) is 3.30. The van der Waals surface area contributed by atoms with Gasteiger partial charge in [-0.15, -0.1) is 12.4 Å². The Kier molecular flexibility index (Phi) is 6.88. The molecule has 23 heavy (non-hydrogen) atoms. The number of fused-ring (bicyclic) bond motifs is 1. The fourth-order valence-electron chi connectivity index (χ4n) is 3.55. The quantitative estimate of drug-likeness (QED) is 0.878. The number of aryl methyl sites for hydroxylation is 1. The summed E-state index contributed by atoms with van der Waals surface area (Å²) in [5.74, 6) is 0.897. The Morgan fingerprint density at radius 3 is 2.65 bits per heavy atom. The molecular formula is C18H29ClN4. The largest absolute Gasteiger partial charge is 0.320 e. The number of piperidine rings is 1. The highest BCUT2D eigenvalue weighted by molar-refractivity contribution is 5.85. The van der Waals surface area contributed by atoms with Crippen LogP contribution in [0.25, 0.3) is 10.9 Å². The van der Waals surface area contributed by atoms with Gasteiger partial charge < -0.3 is 5.32 Å². The average Bonchev–Trinajstić information content (AvgIpc) is 2.92. The number of halogens is 1. The van der Waals surface area contributed by atoms with Crippen molar-refractivity contribution in [3.8, 4) is 0 Å². The summed E-state index contributed by atoms with van der Waals surface area (Å²) in [5, 5.41) is 9.43. The second-order valence-corrected chi connectivity index (χ2v) is 6.39. The highest BCUT2D eigenvalue weighted by atomic mass is 35.5. The molecular weight excluding hydrogens is 308 g/mol. The number of aromatic nitrogens is 2. The Balaban J connectivity index is 0.00000192. The van der Waals surface area contributed by atoms with Gasteiger partial charge in [0.05, 0.1) is 11.2 Å². The van der Waals surface area contributed by atoms with Gasteiger partial charge in [-0.1, -0.05) is 18.2 Å². The molecule has 0 amide bonds. The first kappa shape index (κ1) is 18.2. The molecule has 1 aromatic heterocycles. The summed E-state index contributed by atoms with van der Waals surface area (Å²) in [6.07, 6.45) is 3.97. The molecule has 2 aromatic rings. The summed E-state index contributed by atoms with van der Waals surface area (Å²) in [6, 6.07) is 8.62. The zero-order valence-electron chi connectivity index (χ0n) is 14.3. The van der Waals surface area contributed by atoms with Crippen molar-refractivity contribution in [3.63, 3.8) is 0 Å². The zero-order chi connectivity index (χ0) is 15.4. The minimum absolute atomic E-state index is 0. The van der Waals surface area contributed by atoms with Gasteiger partial charge in [-0.3, -0.25) is 9.58 Å². The number of nitrogens with one attached hydrogen (secondary N) is 1.